The molecule has 2 aliphatic rings. The molecule has 1 aliphatic heterocycles. The van der Waals surface area contributed by atoms with Gasteiger partial charge in [-0.05, 0) is 58.2 Å². The molecule has 1 aliphatic carbocycles. The molecule has 2 fully saturated rings. The molecule has 2 unspecified atom stereocenters. The second kappa shape index (κ2) is 9.52. The van der Waals surface area contributed by atoms with E-state index < -0.39 is 0 Å². The number of hydrogen-bond acceptors (Lipinski definition) is 4. The normalized spacial score (nSPS) is 21.2. The Morgan fingerprint density at radius 3 is 2.40 bits per heavy atom. The largest absolute Gasteiger partial charge is 0.489 e. The Balaban J connectivity index is 0.000000306. The predicted molar refractivity (Wildman–Crippen MR) is 111 cm³/mol. The van der Waals surface area contributed by atoms with Crippen LogP contribution in [0.15, 0.2) is 24.8 Å². The van der Waals surface area contributed by atoms with E-state index in [4.69, 9.17) is 27.9 Å². The molecule has 0 spiro atoms. The molecule has 3 rings (SSSR count). The molecule has 2 atom stereocenters. The summed E-state index contributed by atoms with van der Waals surface area (Å²) in [7, 11) is 0. The maximum atomic E-state index is 6.05. The molecule has 0 radical (unpaired) electrons. The zero-order valence-corrected chi connectivity index (χ0v) is 17.5. The monoisotopic (exact) mass is 402 g/mol. The van der Waals surface area contributed by atoms with Crippen molar-refractivity contribution in [1.82, 2.24) is 10.0 Å². The summed E-state index contributed by atoms with van der Waals surface area (Å²) >= 11 is 13.7. The number of ether oxygens (including phenoxy) is 1. The SMILES string of the molecule is C1NCC2CC12.C=CCOc1cc(Cl)c(Cl)cc1CNSC(C)(C)C. The first-order chi connectivity index (χ1) is 11.8. The second-order valence-corrected chi connectivity index (χ2v) is 9.96. The van der Waals surface area contributed by atoms with Gasteiger partial charge in [-0.1, -0.05) is 47.8 Å². The molecule has 1 aromatic carbocycles. The lowest BCUT2D eigenvalue weighted by Gasteiger charge is -2.19. The van der Waals surface area contributed by atoms with Gasteiger partial charge in [-0.2, -0.15) is 0 Å². The van der Waals surface area contributed by atoms with Crippen molar-refractivity contribution in [2.45, 2.75) is 38.5 Å². The number of halogens is 2. The van der Waals surface area contributed by atoms with Crippen LogP contribution >= 0.6 is 35.1 Å². The van der Waals surface area contributed by atoms with E-state index in [0.717, 1.165) is 23.1 Å². The molecule has 1 aromatic rings. The summed E-state index contributed by atoms with van der Waals surface area (Å²) in [6.07, 6.45) is 3.22. The molecule has 0 bridgehead atoms. The smallest absolute Gasteiger partial charge is 0.125 e. The van der Waals surface area contributed by atoms with Crippen LogP contribution in [0.1, 0.15) is 32.8 Å². The first-order valence-corrected chi connectivity index (χ1v) is 10.2. The first kappa shape index (κ1) is 20.9. The summed E-state index contributed by atoms with van der Waals surface area (Å²) in [4.78, 5) is 0. The van der Waals surface area contributed by atoms with Crippen molar-refractivity contribution in [2.75, 3.05) is 19.7 Å². The fourth-order valence-electron chi connectivity index (χ4n) is 2.59. The number of piperidine rings is 1. The summed E-state index contributed by atoms with van der Waals surface area (Å²) in [6.45, 7) is 13.8. The van der Waals surface area contributed by atoms with Gasteiger partial charge in [-0.25, -0.2) is 0 Å². The third-order valence-electron chi connectivity index (χ3n) is 3.98. The zero-order chi connectivity index (χ0) is 18.4. The highest BCUT2D eigenvalue weighted by atomic mass is 35.5. The van der Waals surface area contributed by atoms with Crippen LogP contribution in [0.5, 0.6) is 5.75 Å². The van der Waals surface area contributed by atoms with E-state index in [1.54, 1.807) is 24.1 Å². The quantitative estimate of drug-likeness (QED) is 0.498. The number of benzene rings is 1. The van der Waals surface area contributed by atoms with Crippen LogP contribution in [0, 0.1) is 11.8 Å². The van der Waals surface area contributed by atoms with Gasteiger partial charge in [0.05, 0.1) is 10.0 Å². The van der Waals surface area contributed by atoms with Gasteiger partial charge in [0, 0.05) is 22.9 Å². The first-order valence-electron chi connectivity index (χ1n) is 8.63. The third kappa shape index (κ3) is 7.40. The van der Waals surface area contributed by atoms with E-state index in [1.807, 2.05) is 6.07 Å². The van der Waals surface area contributed by atoms with Crippen molar-refractivity contribution in [3.05, 3.63) is 40.4 Å². The third-order valence-corrected chi connectivity index (χ3v) is 5.61. The van der Waals surface area contributed by atoms with Gasteiger partial charge >= 0.3 is 0 Å². The highest BCUT2D eigenvalue weighted by Gasteiger charge is 2.40. The van der Waals surface area contributed by atoms with Crippen molar-refractivity contribution >= 4 is 35.1 Å². The lowest BCUT2D eigenvalue weighted by atomic mass is 10.2. The highest BCUT2D eigenvalue weighted by molar-refractivity contribution is 7.98. The van der Waals surface area contributed by atoms with Crippen molar-refractivity contribution in [3.63, 3.8) is 0 Å². The Morgan fingerprint density at radius 2 is 1.92 bits per heavy atom. The topological polar surface area (TPSA) is 33.3 Å². The fourth-order valence-corrected chi connectivity index (χ4v) is 3.59. The molecular weight excluding hydrogens is 375 g/mol. The van der Waals surface area contributed by atoms with Crippen LogP contribution in [0.3, 0.4) is 0 Å². The maximum absolute atomic E-state index is 6.05. The van der Waals surface area contributed by atoms with Crippen molar-refractivity contribution < 1.29 is 4.74 Å². The Kier molecular flexibility index (Phi) is 7.96. The average molecular weight is 403 g/mol. The number of rotatable bonds is 6. The molecular formula is C19H28Cl2N2OS. The fraction of sp³-hybridized carbons (Fsp3) is 0.579. The molecule has 6 heteroatoms. The summed E-state index contributed by atoms with van der Waals surface area (Å²) in [5, 5.41) is 4.35. The minimum absolute atomic E-state index is 0.151. The Hall–Kier alpha value is -0.390. The van der Waals surface area contributed by atoms with Gasteiger partial charge in [0.15, 0.2) is 0 Å². The van der Waals surface area contributed by atoms with Gasteiger partial charge in [0.1, 0.15) is 12.4 Å². The van der Waals surface area contributed by atoms with Gasteiger partial charge in [-0.15, -0.1) is 0 Å². The minimum Gasteiger partial charge on any atom is -0.489 e. The van der Waals surface area contributed by atoms with Gasteiger partial charge in [0.25, 0.3) is 0 Å². The van der Waals surface area contributed by atoms with Crippen LogP contribution in [-0.2, 0) is 6.54 Å². The Morgan fingerprint density at radius 1 is 1.28 bits per heavy atom. The molecule has 1 saturated heterocycles. The van der Waals surface area contributed by atoms with Crippen LogP contribution in [-0.4, -0.2) is 24.4 Å². The van der Waals surface area contributed by atoms with Gasteiger partial charge in [-0.3, -0.25) is 4.72 Å². The molecule has 3 nitrogen and oxygen atoms in total. The van der Waals surface area contributed by atoms with Crippen LogP contribution < -0.4 is 14.8 Å². The molecule has 0 amide bonds. The van der Waals surface area contributed by atoms with E-state index in [2.05, 4.69) is 37.4 Å². The molecule has 2 N–H and O–H groups in total. The van der Waals surface area contributed by atoms with Gasteiger partial charge in [0.2, 0.25) is 0 Å². The van der Waals surface area contributed by atoms with Crippen molar-refractivity contribution in [3.8, 4) is 5.75 Å². The Bertz CT molecular complexity index is 582. The van der Waals surface area contributed by atoms with Gasteiger partial charge < -0.3 is 10.1 Å². The van der Waals surface area contributed by atoms with E-state index in [-0.39, 0.29) is 4.75 Å². The van der Waals surface area contributed by atoms with Crippen LogP contribution in [0.25, 0.3) is 0 Å². The van der Waals surface area contributed by atoms with E-state index in [9.17, 15) is 0 Å². The summed E-state index contributed by atoms with van der Waals surface area (Å²) in [5.41, 5.74) is 0.980. The van der Waals surface area contributed by atoms with Crippen molar-refractivity contribution in [1.29, 1.82) is 0 Å². The standard InChI is InChI=1S/C14H19Cl2NOS.C5H9N/c1-5-6-18-13-8-12(16)11(15)7-10(13)9-17-19-14(2,3)4;1-4-2-6-3-5(1)4/h5,7-8,17H,1,6,9H2,2-4H3;4-6H,1-3H2. The average Bonchev–Trinajstić information content (AvgIpc) is 3.14. The number of nitrogens with one attached hydrogen (secondary N) is 2. The van der Waals surface area contributed by atoms with Crippen LogP contribution in [0.4, 0.5) is 0 Å². The number of hydrogen-bond donors (Lipinski definition) is 2. The summed E-state index contributed by atoms with van der Waals surface area (Å²) < 4.78 is 9.06. The lowest BCUT2D eigenvalue weighted by molar-refractivity contribution is 0.359. The van der Waals surface area contributed by atoms with E-state index >= 15 is 0 Å². The minimum atomic E-state index is 0.151. The van der Waals surface area contributed by atoms with E-state index in [1.165, 1.54) is 19.5 Å². The molecule has 1 saturated carbocycles. The molecule has 140 valence electrons. The molecule has 1 heterocycles. The molecule has 0 aromatic heterocycles. The Labute approximate surface area is 166 Å². The summed E-state index contributed by atoms with van der Waals surface area (Å²) in [6, 6.07) is 3.57. The van der Waals surface area contributed by atoms with Crippen LogP contribution in [0.2, 0.25) is 10.0 Å². The zero-order valence-electron chi connectivity index (χ0n) is 15.2. The maximum Gasteiger partial charge on any atom is 0.125 e. The highest BCUT2D eigenvalue weighted by Crippen LogP contribution is 2.40. The lowest BCUT2D eigenvalue weighted by Crippen LogP contribution is -2.17. The summed E-state index contributed by atoms with van der Waals surface area (Å²) in [5.74, 6) is 2.94. The van der Waals surface area contributed by atoms with E-state index in [0.29, 0.717) is 23.2 Å². The second-order valence-electron chi connectivity index (χ2n) is 7.42. The number of fused-ring (bicyclic) bond motifs is 1. The van der Waals surface area contributed by atoms with Crippen molar-refractivity contribution in [2.24, 2.45) is 11.8 Å². The molecule has 25 heavy (non-hydrogen) atoms. The predicted octanol–water partition coefficient (Wildman–Crippen LogP) is 5.32.